The Morgan fingerprint density at radius 3 is 2.66 bits per heavy atom. The summed E-state index contributed by atoms with van der Waals surface area (Å²) in [6.07, 6.45) is 9.94. The molecule has 148 valence electrons. The van der Waals surface area contributed by atoms with E-state index in [1.54, 1.807) is 0 Å². The molecule has 0 aromatic carbocycles. The van der Waals surface area contributed by atoms with Gasteiger partial charge in [0.15, 0.2) is 0 Å². The van der Waals surface area contributed by atoms with Gasteiger partial charge in [-0.1, -0.05) is 0 Å². The Balaban J connectivity index is 1.38. The highest BCUT2D eigenvalue weighted by Crippen LogP contribution is 2.31. The van der Waals surface area contributed by atoms with Crippen LogP contribution in [0.15, 0.2) is 43.0 Å². The van der Waals surface area contributed by atoms with Gasteiger partial charge < -0.3 is 4.74 Å². The lowest BCUT2D eigenvalue weighted by Crippen LogP contribution is -2.35. The Hall–Kier alpha value is -2.70. The molecule has 0 unspecified atom stereocenters. The molecule has 6 heteroatoms. The molecule has 0 bridgehead atoms. The first-order valence-corrected chi connectivity index (χ1v) is 10.3. The standard InChI is InChI=1S/C23H24N4O2/c28-23(17-1-2-17)10-21-8-18-9-22(26-14-20(18)13-25-21)19-7-16(11-24-12-19)15-27-3-5-29-6-4-27/h7-9,11-14,17H,1-6,10,15H2. The van der Waals surface area contributed by atoms with Crippen molar-refractivity contribution in [2.24, 2.45) is 5.92 Å². The molecule has 3 aromatic rings. The fraction of sp³-hybridized carbons (Fsp3) is 0.391. The molecular formula is C23H24N4O2. The number of ether oxygens (including phenoxy) is 1. The molecule has 0 spiro atoms. The second-order valence-electron chi connectivity index (χ2n) is 7.98. The maximum atomic E-state index is 12.1. The lowest BCUT2D eigenvalue weighted by atomic mass is 10.1. The number of pyridine rings is 3. The Labute approximate surface area is 170 Å². The zero-order valence-electron chi connectivity index (χ0n) is 16.4. The second kappa shape index (κ2) is 7.97. The normalized spacial score (nSPS) is 17.5. The maximum Gasteiger partial charge on any atom is 0.141 e. The van der Waals surface area contributed by atoms with Gasteiger partial charge >= 0.3 is 0 Å². The van der Waals surface area contributed by atoms with Crippen LogP contribution in [-0.2, 0) is 22.5 Å². The van der Waals surface area contributed by atoms with Gasteiger partial charge in [-0.3, -0.25) is 24.6 Å². The number of hydrogen-bond donors (Lipinski definition) is 0. The SMILES string of the molecule is O=C(Cc1cc2cc(-c3cncc(CN4CCOCC4)c3)ncc2cn1)C1CC1. The zero-order chi connectivity index (χ0) is 19.6. The summed E-state index contributed by atoms with van der Waals surface area (Å²) in [5.74, 6) is 0.576. The summed E-state index contributed by atoms with van der Waals surface area (Å²) >= 11 is 0. The summed E-state index contributed by atoms with van der Waals surface area (Å²) in [7, 11) is 0. The molecule has 0 amide bonds. The van der Waals surface area contributed by atoms with Gasteiger partial charge in [0.05, 0.1) is 18.9 Å². The summed E-state index contributed by atoms with van der Waals surface area (Å²) in [5.41, 5.74) is 3.91. The molecule has 2 aliphatic rings. The van der Waals surface area contributed by atoms with Crippen molar-refractivity contribution in [3.8, 4) is 11.3 Å². The van der Waals surface area contributed by atoms with Gasteiger partial charge in [-0.05, 0) is 42.0 Å². The van der Waals surface area contributed by atoms with E-state index in [2.05, 4.69) is 32.0 Å². The molecule has 1 saturated heterocycles. The van der Waals surface area contributed by atoms with Crippen LogP contribution in [0.1, 0.15) is 24.1 Å². The van der Waals surface area contributed by atoms with Crippen molar-refractivity contribution in [2.75, 3.05) is 26.3 Å². The fourth-order valence-corrected chi connectivity index (χ4v) is 3.80. The molecule has 3 aromatic heterocycles. The Morgan fingerprint density at radius 1 is 1.00 bits per heavy atom. The molecule has 4 heterocycles. The minimum absolute atomic E-state index is 0.265. The topological polar surface area (TPSA) is 68.2 Å². The number of aromatic nitrogens is 3. The molecular weight excluding hydrogens is 364 g/mol. The average molecular weight is 388 g/mol. The van der Waals surface area contributed by atoms with Crippen LogP contribution in [0.3, 0.4) is 0 Å². The van der Waals surface area contributed by atoms with E-state index in [4.69, 9.17) is 4.74 Å². The Morgan fingerprint density at radius 2 is 1.83 bits per heavy atom. The van der Waals surface area contributed by atoms with E-state index in [0.29, 0.717) is 12.2 Å². The van der Waals surface area contributed by atoms with E-state index in [-0.39, 0.29) is 5.92 Å². The summed E-state index contributed by atoms with van der Waals surface area (Å²) in [5, 5.41) is 2.04. The van der Waals surface area contributed by atoms with Crippen LogP contribution in [-0.4, -0.2) is 51.9 Å². The predicted octanol–water partition coefficient (Wildman–Crippen LogP) is 3.05. The minimum Gasteiger partial charge on any atom is -0.379 e. The lowest BCUT2D eigenvalue weighted by Gasteiger charge is -2.26. The molecule has 0 N–H and O–H groups in total. The minimum atomic E-state index is 0.265. The van der Waals surface area contributed by atoms with Crippen LogP contribution in [0.5, 0.6) is 0 Å². The number of Topliss-reactive ketones (excluding diaryl/α,β-unsaturated/α-hetero) is 1. The predicted molar refractivity (Wildman–Crippen MR) is 110 cm³/mol. The van der Waals surface area contributed by atoms with Gasteiger partial charge in [0.1, 0.15) is 5.78 Å². The quantitative estimate of drug-likeness (QED) is 0.647. The largest absolute Gasteiger partial charge is 0.379 e. The van der Waals surface area contributed by atoms with Crippen molar-refractivity contribution < 1.29 is 9.53 Å². The first-order chi connectivity index (χ1) is 14.2. The summed E-state index contributed by atoms with van der Waals surface area (Å²) in [6.45, 7) is 4.36. The van der Waals surface area contributed by atoms with E-state index in [0.717, 1.165) is 73.4 Å². The Bertz CT molecular complexity index is 1040. The van der Waals surface area contributed by atoms with Crippen LogP contribution in [0.25, 0.3) is 22.0 Å². The van der Waals surface area contributed by atoms with Crippen LogP contribution in [0.4, 0.5) is 0 Å². The molecule has 29 heavy (non-hydrogen) atoms. The highest BCUT2D eigenvalue weighted by Gasteiger charge is 2.29. The molecule has 1 aliphatic carbocycles. The average Bonchev–Trinajstić information content (AvgIpc) is 3.60. The highest BCUT2D eigenvalue weighted by molar-refractivity contribution is 5.88. The van der Waals surface area contributed by atoms with Gasteiger partial charge in [-0.15, -0.1) is 0 Å². The zero-order valence-corrected chi connectivity index (χ0v) is 16.4. The number of ketones is 1. The van der Waals surface area contributed by atoms with E-state index >= 15 is 0 Å². The first kappa shape index (κ1) is 18.3. The van der Waals surface area contributed by atoms with Crippen molar-refractivity contribution in [3.05, 3.63) is 54.2 Å². The van der Waals surface area contributed by atoms with Crippen molar-refractivity contribution >= 4 is 16.6 Å². The third-order valence-electron chi connectivity index (χ3n) is 5.65. The monoisotopic (exact) mass is 388 g/mol. The number of hydrogen-bond acceptors (Lipinski definition) is 6. The second-order valence-corrected chi connectivity index (χ2v) is 7.98. The molecule has 5 rings (SSSR count). The number of rotatable bonds is 6. The van der Waals surface area contributed by atoms with Crippen LogP contribution in [0, 0.1) is 5.92 Å². The smallest absolute Gasteiger partial charge is 0.141 e. The molecule has 2 fully saturated rings. The van der Waals surface area contributed by atoms with Gasteiger partial charge in [0, 0.05) is 73.4 Å². The molecule has 0 radical (unpaired) electrons. The van der Waals surface area contributed by atoms with Gasteiger partial charge in [0.25, 0.3) is 0 Å². The number of carbonyl (C=O) groups is 1. The van der Waals surface area contributed by atoms with Gasteiger partial charge in [0.2, 0.25) is 0 Å². The Kier molecular flexibility index (Phi) is 5.04. The van der Waals surface area contributed by atoms with E-state index in [9.17, 15) is 4.79 Å². The van der Waals surface area contributed by atoms with E-state index < -0.39 is 0 Å². The molecule has 1 aliphatic heterocycles. The summed E-state index contributed by atoms with van der Waals surface area (Å²) in [6, 6.07) is 6.25. The van der Waals surface area contributed by atoms with E-state index in [1.165, 1.54) is 5.56 Å². The van der Waals surface area contributed by atoms with Crippen molar-refractivity contribution in [1.82, 2.24) is 19.9 Å². The van der Waals surface area contributed by atoms with E-state index in [1.807, 2.05) is 30.9 Å². The van der Waals surface area contributed by atoms with Crippen LogP contribution in [0.2, 0.25) is 0 Å². The highest BCUT2D eigenvalue weighted by atomic mass is 16.5. The maximum absolute atomic E-state index is 12.1. The summed E-state index contributed by atoms with van der Waals surface area (Å²) in [4.78, 5) is 28.0. The number of nitrogens with zero attached hydrogens (tertiary/aromatic N) is 4. The third kappa shape index (κ3) is 4.33. The number of morpholine rings is 1. The number of fused-ring (bicyclic) bond motifs is 1. The van der Waals surface area contributed by atoms with Gasteiger partial charge in [-0.25, -0.2) is 0 Å². The first-order valence-electron chi connectivity index (χ1n) is 10.3. The van der Waals surface area contributed by atoms with Crippen LogP contribution < -0.4 is 0 Å². The van der Waals surface area contributed by atoms with Crippen molar-refractivity contribution in [3.63, 3.8) is 0 Å². The molecule has 0 atom stereocenters. The van der Waals surface area contributed by atoms with Crippen LogP contribution >= 0.6 is 0 Å². The van der Waals surface area contributed by atoms with Crippen molar-refractivity contribution in [1.29, 1.82) is 0 Å². The molecule has 1 saturated carbocycles. The third-order valence-corrected chi connectivity index (χ3v) is 5.65. The summed E-state index contributed by atoms with van der Waals surface area (Å²) < 4.78 is 5.43. The number of carbonyl (C=O) groups excluding carboxylic acids is 1. The fourth-order valence-electron chi connectivity index (χ4n) is 3.80. The van der Waals surface area contributed by atoms with Crippen molar-refractivity contribution in [2.45, 2.75) is 25.8 Å². The lowest BCUT2D eigenvalue weighted by molar-refractivity contribution is -0.119. The van der Waals surface area contributed by atoms with Gasteiger partial charge in [-0.2, -0.15) is 0 Å². The molecule has 6 nitrogen and oxygen atoms in total.